The molecule has 2 rings (SSSR count). The molecule has 1 saturated heterocycles. The number of hydrogen-bond acceptors (Lipinski definition) is 4. The summed E-state index contributed by atoms with van der Waals surface area (Å²) in [4.78, 5) is 15.4. The molecule has 0 spiro atoms. The van der Waals surface area contributed by atoms with Gasteiger partial charge in [-0.05, 0) is 6.42 Å². The molecule has 2 heterocycles. The summed E-state index contributed by atoms with van der Waals surface area (Å²) in [6.45, 7) is 1.67. The molecule has 13 heavy (non-hydrogen) atoms. The Morgan fingerprint density at radius 1 is 1.38 bits per heavy atom. The topological polar surface area (TPSA) is 65.5 Å². The predicted octanol–water partition coefficient (Wildman–Crippen LogP) is -1.19. The maximum Gasteiger partial charge on any atom is 0.222 e. The predicted molar refractivity (Wildman–Crippen MR) is 49.5 cm³/mol. The van der Waals surface area contributed by atoms with Crippen LogP contribution in [0.1, 0.15) is 12.8 Å². The number of amides is 1. The zero-order chi connectivity index (χ0) is 9.10. The molecular weight excluding hydrogens is 168 g/mol. The van der Waals surface area contributed by atoms with Gasteiger partial charge in [-0.15, -0.1) is 0 Å². The molecule has 0 aromatic carbocycles. The van der Waals surface area contributed by atoms with E-state index in [0.29, 0.717) is 6.42 Å². The van der Waals surface area contributed by atoms with Crippen molar-refractivity contribution in [3.8, 4) is 0 Å². The summed E-state index contributed by atoms with van der Waals surface area (Å²) in [7, 11) is 0. The number of rotatable bonds is 1. The fourth-order valence-corrected chi connectivity index (χ4v) is 1.57. The van der Waals surface area contributed by atoms with Crippen LogP contribution in [0.25, 0.3) is 0 Å². The van der Waals surface area contributed by atoms with Crippen LogP contribution in [0.4, 0.5) is 0 Å². The van der Waals surface area contributed by atoms with Crippen molar-refractivity contribution in [3.05, 3.63) is 0 Å². The van der Waals surface area contributed by atoms with Gasteiger partial charge in [0, 0.05) is 25.7 Å². The lowest BCUT2D eigenvalue weighted by molar-refractivity contribution is -0.123. The average molecular weight is 182 g/mol. The van der Waals surface area contributed by atoms with Gasteiger partial charge in [0.25, 0.3) is 0 Å². The SMILES string of the molecule is O=C1CCNC(C2N=CCCN2)N1. The van der Waals surface area contributed by atoms with E-state index in [0.717, 1.165) is 19.5 Å². The van der Waals surface area contributed by atoms with Crippen molar-refractivity contribution in [2.24, 2.45) is 4.99 Å². The monoisotopic (exact) mass is 182 g/mol. The van der Waals surface area contributed by atoms with Crippen molar-refractivity contribution in [1.82, 2.24) is 16.0 Å². The lowest BCUT2D eigenvalue weighted by Gasteiger charge is -2.31. The molecule has 0 aromatic heterocycles. The highest BCUT2D eigenvalue weighted by molar-refractivity contribution is 5.77. The van der Waals surface area contributed by atoms with Gasteiger partial charge in [0.2, 0.25) is 5.91 Å². The Kier molecular flexibility index (Phi) is 2.56. The average Bonchev–Trinajstić information content (AvgIpc) is 2.19. The van der Waals surface area contributed by atoms with Gasteiger partial charge in [0.15, 0.2) is 0 Å². The Morgan fingerprint density at radius 2 is 2.31 bits per heavy atom. The first-order chi connectivity index (χ1) is 6.36. The van der Waals surface area contributed by atoms with E-state index in [1.54, 1.807) is 0 Å². The Labute approximate surface area is 77.0 Å². The molecule has 2 aliphatic rings. The zero-order valence-electron chi connectivity index (χ0n) is 7.42. The normalized spacial score (nSPS) is 34.3. The van der Waals surface area contributed by atoms with Crippen molar-refractivity contribution in [2.45, 2.75) is 25.2 Å². The number of carbonyl (C=O) groups is 1. The van der Waals surface area contributed by atoms with E-state index in [1.807, 2.05) is 6.21 Å². The second-order valence-corrected chi connectivity index (χ2v) is 3.27. The van der Waals surface area contributed by atoms with Crippen molar-refractivity contribution >= 4 is 12.1 Å². The molecule has 2 atom stereocenters. The van der Waals surface area contributed by atoms with Crippen molar-refractivity contribution < 1.29 is 4.79 Å². The molecule has 1 amide bonds. The third kappa shape index (κ3) is 2.05. The molecule has 2 aliphatic heterocycles. The van der Waals surface area contributed by atoms with Gasteiger partial charge in [-0.1, -0.05) is 0 Å². The van der Waals surface area contributed by atoms with Gasteiger partial charge in [-0.25, -0.2) is 0 Å². The summed E-state index contributed by atoms with van der Waals surface area (Å²) in [5.74, 6) is 0.103. The van der Waals surface area contributed by atoms with Crippen LogP contribution in [0.3, 0.4) is 0 Å². The zero-order valence-corrected chi connectivity index (χ0v) is 7.42. The summed E-state index contributed by atoms with van der Waals surface area (Å²) in [5, 5.41) is 9.30. The van der Waals surface area contributed by atoms with Gasteiger partial charge in [-0.3, -0.25) is 20.4 Å². The van der Waals surface area contributed by atoms with Gasteiger partial charge >= 0.3 is 0 Å². The fraction of sp³-hybridized carbons (Fsp3) is 0.750. The van der Waals surface area contributed by atoms with E-state index >= 15 is 0 Å². The van der Waals surface area contributed by atoms with Crippen LogP contribution in [-0.4, -0.2) is 37.5 Å². The highest BCUT2D eigenvalue weighted by atomic mass is 16.2. The van der Waals surface area contributed by atoms with Gasteiger partial charge in [-0.2, -0.15) is 0 Å². The summed E-state index contributed by atoms with van der Waals surface area (Å²) >= 11 is 0. The Hall–Kier alpha value is -0.940. The first-order valence-corrected chi connectivity index (χ1v) is 4.64. The summed E-state index contributed by atoms with van der Waals surface area (Å²) in [6, 6.07) is 0. The summed E-state index contributed by atoms with van der Waals surface area (Å²) < 4.78 is 0. The third-order valence-corrected chi connectivity index (χ3v) is 2.24. The largest absolute Gasteiger partial charge is 0.337 e. The Bertz CT molecular complexity index is 228. The van der Waals surface area contributed by atoms with Crippen LogP contribution in [0, 0.1) is 0 Å². The van der Waals surface area contributed by atoms with E-state index in [-0.39, 0.29) is 18.2 Å². The third-order valence-electron chi connectivity index (χ3n) is 2.24. The van der Waals surface area contributed by atoms with Crippen molar-refractivity contribution in [3.63, 3.8) is 0 Å². The number of aliphatic imine (C=N–C) groups is 1. The van der Waals surface area contributed by atoms with Crippen LogP contribution in [0.5, 0.6) is 0 Å². The molecular formula is C8H14N4O. The standard InChI is InChI=1S/C8H14N4O/c13-6-2-5-11-8(12-6)7-9-3-1-4-10-7/h3,7-8,10-11H,1-2,4-5H2,(H,12,13). The summed E-state index contributed by atoms with van der Waals surface area (Å²) in [6.07, 6.45) is 3.39. The Balaban J connectivity index is 1.94. The minimum absolute atomic E-state index is 0.00185. The molecule has 0 bridgehead atoms. The van der Waals surface area contributed by atoms with Gasteiger partial charge in [0.1, 0.15) is 12.3 Å². The molecule has 5 heteroatoms. The number of hydrogen-bond donors (Lipinski definition) is 3. The van der Waals surface area contributed by atoms with Gasteiger partial charge < -0.3 is 5.32 Å². The van der Waals surface area contributed by atoms with Crippen LogP contribution in [0.15, 0.2) is 4.99 Å². The molecule has 0 aliphatic carbocycles. The van der Waals surface area contributed by atoms with Crippen molar-refractivity contribution in [1.29, 1.82) is 0 Å². The lowest BCUT2D eigenvalue weighted by Crippen LogP contribution is -2.61. The van der Waals surface area contributed by atoms with Crippen LogP contribution >= 0.6 is 0 Å². The van der Waals surface area contributed by atoms with E-state index in [4.69, 9.17) is 0 Å². The lowest BCUT2D eigenvalue weighted by atomic mass is 10.2. The molecule has 72 valence electrons. The highest BCUT2D eigenvalue weighted by Crippen LogP contribution is 2.01. The van der Waals surface area contributed by atoms with E-state index in [1.165, 1.54) is 0 Å². The molecule has 0 aromatic rings. The second kappa shape index (κ2) is 3.85. The second-order valence-electron chi connectivity index (χ2n) is 3.27. The van der Waals surface area contributed by atoms with E-state index in [9.17, 15) is 4.79 Å². The summed E-state index contributed by atoms with van der Waals surface area (Å²) in [5.41, 5.74) is 0. The number of nitrogens with one attached hydrogen (secondary N) is 3. The molecule has 0 radical (unpaired) electrons. The maximum absolute atomic E-state index is 11.1. The van der Waals surface area contributed by atoms with Crippen LogP contribution < -0.4 is 16.0 Å². The minimum atomic E-state index is -0.0437. The van der Waals surface area contributed by atoms with E-state index < -0.39 is 0 Å². The van der Waals surface area contributed by atoms with Crippen molar-refractivity contribution in [2.75, 3.05) is 13.1 Å². The number of carbonyl (C=O) groups excluding carboxylic acids is 1. The molecule has 5 nitrogen and oxygen atoms in total. The first-order valence-electron chi connectivity index (χ1n) is 4.64. The Morgan fingerprint density at radius 3 is 3.00 bits per heavy atom. The molecule has 0 saturated carbocycles. The fourth-order valence-electron chi connectivity index (χ4n) is 1.57. The van der Waals surface area contributed by atoms with Gasteiger partial charge in [0.05, 0.1) is 0 Å². The van der Waals surface area contributed by atoms with Crippen LogP contribution in [-0.2, 0) is 4.79 Å². The minimum Gasteiger partial charge on any atom is -0.337 e. The maximum atomic E-state index is 11.1. The quantitative estimate of drug-likeness (QED) is 0.478. The first kappa shape index (κ1) is 8.65. The highest BCUT2D eigenvalue weighted by Gasteiger charge is 2.25. The van der Waals surface area contributed by atoms with E-state index in [2.05, 4.69) is 20.9 Å². The number of nitrogens with zero attached hydrogens (tertiary/aromatic N) is 1. The van der Waals surface area contributed by atoms with Crippen LogP contribution in [0.2, 0.25) is 0 Å². The molecule has 2 unspecified atom stereocenters. The molecule has 3 N–H and O–H groups in total. The molecule has 1 fully saturated rings. The smallest absolute Gasteiger partial charge is 0.222 e.